The number of urea groups is 1. The van der Waals surface area contributed by atoms with Gasteiger partial charge >= 0.3 is 6.03 Å². The van der Waals surface area contributed by atoms with Crippen molar-refractivity contribution in [1.82, 2.24) is 5.32 Å². The molecule has 0 aliphatic heterocycles. The highest BCUT2D eigenvalue weighted by Crippen LogP contribution is 2.18. The highest BCUT2D eigenvalue weighted by molar-refractivity contribution is 5.89. The summed E-state index contributed by atoms with van der Waals surface area (Å²) in [7, 11) is 0. The van der Waals surface area contributed by atoms with Crippen LogP contribution in [0, 0.1) is 0 Å². The number of hydrogen-bond acceptors (Lipinski definition) is 2. The first-order valence-corrected chi connectivity index (χ1v) is 7.50. The molecule has 0 aromatic heterocycles. The first-order valence-electron chi connectivity index (χ1n) is 7.50. The zero-order valence-electron chi connectivity index (χ0n) is 12.1. The van der Waals surface area contributed by atoms with Crippen LogP contribution in [0.5, 0.6) is 0 Å². The Morgan fingerprint density at radius 2 is 1.75 bits per heavy atom. The van der Waals surface area contributed by atoms with E-state index in [1.54, 1.807) is 6.92 Å². The molecule has 1 aromatic rings. The number of carbonyl (C=O) groups excluding carboxylic acids is 1. The topological polar surface area (TPSA) is 61.4 Å². The zero-order chi connectivity index (χ0) is 14.4. The van der Waals surface area contributed by atoms with Crippen molar-refractivity contribution in [2.45, 2.75) is 57.6 Å². The van der Waals surface area contributed by atoms with Gasteiger partial charge in [0.05, 0.1) is 6.10 Å². The summed E-state index contributed by atoms with van der Waals surface area (Å²) >= 11 is 0. The summed E-state index contributed by atoms with van der Waals surface area (Å²) in [6, 6.07) is 7.44. The van der Waals surface area contributed by atoms with Gasteiger partial charge in [-0.25, -0.2) is 4.79 Å². The molecule has 0 bridgehead atoms. The van der Waals surface area contributed by atoms with Crippen molar-refractivity contribution in [3.63, 3.8) is 0 Å². The van der Waals surface area contributed by atoms with Crippen LogP contribution in [0.2, 0.25) is 0 Å². The zero-order valence-corrected chi connectivity index (χ0v) is 12.1. The van der Waals surface area contributed by atoms with Crippen LogP contribution >= 0.6 is 0 Å². The average Bonchev–Trinajstić information content (AvgIpc) is 2.68. The molecule has 3 N–H and O–H groups in total. The first kappa shape index (κ1) is 14.9. The number of amides is 2. The minimum atomic E-state index is -0.483. The SMILES string of the molecule is CC(O)c1ccc(NC(=O)NC2CCCCCC2)cc1. The van der Waals surface area contributed by atoms with Gasteiger partial charge in [-0.1, -0.05) is 37.8 Å². The second-order valence-corrected chi connectivity index (χ2v) is 5.58. The van der Waals surface area contributed by atoms with E-state index in [-0.39, 0.29) is 6.03 Å². The van der Waals surface area contributed by atoms with E-state index in [9.17, 15) is 9.90 Å². The van der Waals surface area contributed by atoms with Gasteiger partial charge < -0.3 is 15.7 Å². The summed E-state index contributed by atoms with van der Waals surface area (Å²) in [6.07, 6.45) is 6.63. The molecule has 4 heteroatoms. The van der Waals surface area contributed by atoms with Crippen molar-refractivity contribution < 1.29 is 9.90 Å². The van der Waals surface area contributed by atoms with Crippen molar-refractivity contribution >= 4 is 11.7 Å². The second kappa shape index (κ2) is 7.29. The van der Waals surface area contributed by atoms with E-state index >= 15 is 0 Å². The van der Waals surface area contributed by atoms with Gasteiger partial charge in [-0.2, -0.15) is 0 Å². The number of aliphatic hydroxyl groups excluding tert-OH is 1. The highest BCUT2D eigenvalue weighted by Gasteiger charge is 2.14. The van der Waals surface area contributed by atoms with E-state index in [0.29, 0.717) is 6.04 Å². The molecular weight excluding hydrogens is 252 g/mol. The third kappa shape index (κ3) is 4.53. The lowest BCUT2D eigenvalue weighted by molar-refractivity contribution is 0.199. The van der Waals surface area contributed by atoms with Crippen LogP contribution in [-0.4, -0.2) is 17.2 Å². The Kier molecular flexibility index (Phi) is 5.41. The number of anilines is 1. The fourth-order valence-corrected chi connectivity index (χ4v) is 2.62. The third-order valence-corrected chi connectivity index (χ3v) is 3.84. The summed E-state index contributed by atoms with van der Waals surface area (Å²) in [5, 5.41) is 15.3. The smallest absolute Gasteiger partial charge is 0.319 e. The van der Waals surface area contributed by atoms with Gasteiger partial charge in [0.25, 0.3) is 0 Å². The van der Waals surface area contributed by atoms with Crippen LogP contribution in [0.25, 0.3) is 0 Å². The van der Waals surface area contributed by atoms with Crippen LogP contribution in [0.1, 0.15) is 57.1 Å². The minimum absolute atomic E-state index is 0.137. The van der Waals surface area contributed by atoms with E-state index in [1.165, 1.54) is 25.7 Å². The molecule has 1 aliphatic carbocycles. The molecule has 1 atom stereocenters. The molecule has 110 valence electrons. The van der Waals surface area contributed by atoms with Gasteiger partial charge in [-0.15, -0.1) is 0 Å². The van der Waals surface area contributed by atoms with Crippen LogP contribution in [-0.2, 0) is 0 Å². The fourth-order valence-electron chi connectivity index (χ4n) is 2.62. The Morgan fingerprint density at radius 3 is 2.30 bits per heavy atom. The van der Waals surface area contributed by atoms with E-state index in [4.69, 9.17) is 0 Å². The predicted molar refractivity (Wildman–Crippen MR) is 80.7 cm³/mol. The fraction of sp³-hybridized carbons (Fsp3) is 0.562. The molecule has 2 amide bonds. The summed E-state index contributed by atoms with van der Waals surface area (Å²) in [6.45, 7) is 1.72. The quantitative estimate of drug-likeness (QED) is 0.739. The highest BCUT2D eigenvalue weighted by atomic mass is 16.3. The summed E-state index contributed by atoms with van der Waals surface area (Å²) in [5.41, 5.74) is 1.60. The number of nitrogens with one attached hydrogen (secondary N) is 2. The Bertz CT molecular complexity index is 421. The van der Waals surface area contributed by atoms with Crippen LogP contribution in [0.4, 0.5) is 10.5 Å². The van der Waals surface area contributed by atoms with Gasteiger partial charge in [0.15, 0.2) is 0 Å². The Balaban J connectivity index is 1.84. The molecule has 0 saturated heterocycles. The largest absolute Gasteiger partial charge is 0.389 e. The maximum Gasteiger partial charge on any atom is 0.319 e. The molecule has 1 unspecified atom stereocenters. The molecule has 1 aliphatic rings. The molecule has 20 heavy (non-hydrogen) atoms. The number of benzene rings is 1. The lowest BCUT2D eigenvalue weighted by Gasteiger charge is -2.17. The van der Waals surface area contributed by atoms with E-state index in [1.807, 2.05) is 24.3 Å². The van der Waals surface area contributed by atoms with Gasteiger partial charge in [0.2, 0.25) is 0 Å². The van der Waals surface area contributed by atoms with Crippen LogP contribution < -0.4 is 10.6 Å². The molecule has 0 heterocycles. The Morgan fingerprint density at radius 1 is 1.15 bits per heavy atom. The van der Waals surface area contributed by atoms with Crippen molar-refractivity contribution in [3.05, 3.63) is 29.8 Å². The molecular formula is C16H24N2O2. The maximum absolute atomic E-state index is 11.9. The second-order valence-electron chi connectivity index (χ2n) is 5.58. The Hall–Kier alpha value is -1.55. The maximum atomic E-state index is 11.9. The van der Waals surface area contributed by atoms with Crippen molar-refractivity contribution in [2.75, 3.05) is 5.32 Å². The third-order valence-electron chi connectivity index (χ3n) is 3.84. The summed E-state index contributed by atoms with van der Waals surface area (Å²) in [5.74, 6) is 0. The molecule has 1 aromatic carbocycles. The standard InChI is InChI=1S/C16H24N2O2/c1-12(19)13-8-10-15(11-9-13)18-16(20)17-14-6-4-2-3-5-7-14/h8-12,14,19H,2-7H2,1H3,(H2,17,18,20). The minimum Gasteiger partial charge on any atom is -0.389 e. The lowest BCUT2D eigenvalue weighted by atomic mass is 10.1. The van der Waals surface area contributed by atoms with Crippen molar-refractivity contribution in [1.29, 1.82) is 0 Å². The summed E-state index contributed by atoms with van der Waals surface area (Å²) in [4.78, 5) is 11.9. The van der Waals surface area contributed by atoms with Crippen molar-refractivity contribution in [2.24, 2.45) is 0 Å². The van der Waals surface area contributed by atoms with Gasteiger partial charge in [0.1, 0.15) is 0 Å². The van der Waals surface area contributed by atoms with Gasteiger partial charge in [-0.05, 0) is 37.5 Å². The lowest BCUT2D eigenvalue weighted by Crippen LogP contribution is -2.37. The van der Waals surface area contributed by atoms with E-state index < -0.39 is 6.10 Å². The molecule has 1 fully saturated rings. The molecule has 4 nitrogen and oxygen atoms in total. The Labute approximate surface area is 120 Å². The van der Waals surface area contributed by atoms with Crippen LogP contribution in [0.15, 0.2) is 24.3 Å². The number of rotatable bonds is 3. The van der Waals surface area contributed by atoms with E-state index in [2.05, 4.69) is 10.6 Å². The first-order chi connectivity index (χ1) is 9.65. The number of carbonyl (C=O) groups is 1. The number of aliphatic hydroxyl groups is 1. The van der Waals surface area contributed by atoms with Crippen molar-refractivity contribution in [3.8, 4) is 0 Å². The average molecular weight is 276 g/mol. The molecule has 2 rings (SSSR count). The van der Waals surface area contributed by atoms with Gasteiger partial charge in [0, 0.05) is 11.7 Å². The van der Waals surface area contributed by atoms with E-state index in [0.717, 1.165) is 24.1 Å². The van der Waals surface area contributed by atoms with Gasteiger partial charge in [-0.3, -0.25) is 0 Å². The normalized spacial score (nSPS) is 18.1. The van der Waals surface area contributed by atoms with Crippen LogP contribution in [0.3, 0.4) is 0 Å². The molecule has 1 saturated carbocycles. The molecule has 0 radical (unpaired) electrons. The summed E-state index contributed by atoms with van der Waals surface area (Å²) < 4.78 is 0. The monoisotopic (exact) mass is 276 g/mol. The predicted octanol–water partition coefficient (Wildman–Crippen LogP) is 3.58. The number of hydrogen-bond donors (Lipinski definition) is 3. The molecule has 0 spiro atoms.